The lowest BCUT2D eigenvalue weighted by molar-refractivity contribution is -0.0327. The summed E-state index contributed by atoms with van der Waals surface area (Å²) < 4.78 is 17.0. The van der Waals surface area contributed by atoms with Gasteiger partial charge >= 0.3 is 11.4 Å². The van der Waals surface area contributed by atoms with E-state index in [1.165, 1.54) is 37.1 Å². The molecule has 2 aliphatic heterocycles. The number of H-pyrrole nitrogens is 2. The van der Waals surface area contributed by atoms with Crippen LogP contribution in [-0.2, 0) is 22.7 Å². The van der Waals surface area contributed by atoms with Gasteiger partial charge in [0.1, 0.15) is 30.4 Å². The van der Waals surface area contributed by atoms with Gasteiger partial charge in [-0.2, -0.15) is 0 Å². The summed E-state index contributed by atoms with van der Waals surface area (Å²) in [5.74, 6) is 0. The van der Waals surface area contributed by atoms with E-state index in [2.05, 4.69) is 30.6 Å². The number of aromatic nitrogens is 10. The molecule has 4 aromatic rings. The van der Waals surface area contributed by atoms with Gasteiger partial charge in [0.15, 0.2) is 0 Å². The maximum absolute atomic E-state index is 12.0. The number of aryl methyl sites for hydroxylation is 2. The lowest BCUT2D eigenvalue weighted by Gasteiger charge is -2.17. The quantitative estimate of drug-likeness (QED) is 0.111. The molecule has 6 heterocycles. The van der Waals surface area contributed by atoms with Gasteiger partial charge in [0.25, 0.3) is 11.1 Å². The standard InChI is InChI=1S/2C13H17N5O5/c1-7-4-17(13(22)15-12(7)21)11-2-9(10(6-20)23-11)18-8(5-19)3-14-16-18;1-7-3-17(13(22)14-12(7)21)11-2-9(10(6-20)23-11)18-4-8(5-19)15-16-18/h3-4,9-11,19-20H,2,5-6H2,1H3,(H,15,21,22);3-4,9-11,19-20H,2,5-6H2,1H3,(H,14,21,22)/t2*9-,10+,11+/m00/s1. The monoisotopic (exact) mass is 646 g/mol. The molecule has 0 aromatic carbocycles. The van der Waals surface area contributed by atoms with Gasteiger partial charge in [0, 0.05) is 36.4 Å². The van der Waals surface area contributed by atoms with Crippen molar-refractivity contribution in [2.75, 3.05) is 13.2 Å². The van der Waals surface area contributed by atoms with Crippen LogP contribution in [0, 0.1) is 13.8 Å². The second kappa shape index (κ2) is 13.8. The lowest BCUT2D eigenvalue weighted by Crippen LogP contribution is -2.33. The van der Waals surface area contributed by atoms with Crippen molar-refractivity contribution in [1.29, 1.82) is 0 Å². The lowest BCUT2D eigenvalue weighted by atomic mass is 10.1. The zero-order chi connectivity index (χ0) is 33.1. The Bertz CT molecular complexity index is 1890. The van der Waals surface area contributed by atoms with Crippen LogP contribution in [0.15, 0.2) is 44.0 Å². The zero-order valence-electron chi connectivity index (χ0n) is 24.8. The Kier molecular flexibility index (Phi) is 9.84. The Morgan fingerprint density at radius 1 is 0.783 bits per heavy atom. The third kappa shape index (κ3) is 6.52. The van der Waals surface area contributed by atoms with E-state index in [9.17, 15) is 34.5 Å². The highest BCUT2D eigenvalue weighted by atomic mass is 16.5. The fourth-order valence-electron chi connectivity index (χ4n) is 5.44. The summed E-state index contributed by atoms with van der Waals surface area (Å²) in [4.78, 5) is 51.3. The Morgan fingerprint density at radius 3 is 1.83 bits per heavy atom. The van der Waals surface area contributed by atoms with Gasteiger partial charge in [-0.25, -0.2) is 19.0 Å². The Hall–Kier alpha value is -4.60. The molecule has 0 aliphatic carbocycles. The van der Waals surface area contributed by atoms with Gasteiger partial charge in [-0.05, 0) is 13.8 Å². The van der Waals surface area contributed by atoms with Gasteiger partial charge in [-0.15, -0.1) is 10.2 Å². The number of ether oxygens (including phenoxy) is 2. The number of nitrogens with one attached hydrogen (secondary N) is 2. The van der Waals surface area contributed by atoms with E-state index in [-0.39, 0.29) is 38.5 Å². The number of aliphatic hydroxyl groups is 4. The molecule has 6 atom stereocenters. The number of aliphatic hydroxyl groups excluding tert-OH is 4. The minimum atomic E-state index is -0.657. The van der Waals surface area contributed by atoms with Gasteiger partial charge in [-0.1, -0.05) is 10.4 Å². The molecule has 20 heteroatoms. The normalized spacial score (nSPS) is 24.2. The van der Waals surface area contributed by atoms with Crippen molar-refractivity contribution < 1.29 is 29.9 Å². The number of rotatable bonds is 8. The summed E-state index contributed by atoms with van der Waals surface area (Å²) in [6, 6.07) is -0.717. The first-order valence-corrected chi connectivity index (χ1v) is 14.3. The van der Waals surface area contributed by atoms with Crippen molar-refractivity contribution in [3.8, 4) is 0 Å². The van der Waals surface area contributed by atoms with E-state index >= 15 is 0 Å². The first-order valence-electron chi connectivity index (χ1n) is 14.3. The summed E-state index contributed by atoms with van der Waals surface area (Å²) in [6.45, 7) is 2.17. The van der Waals surface area contributed by atoms with Crippen LogP contribution in [0.4, 0.5) is 0 Å². The Balaban J connectivity index is 0.000000181. The van der Waals surface area contributed by atoms with Crippen molar-refractivity contribution >= 4 is 0 Å². The predicted octanol–water partition coefficient (Wildman–Crippen LogP) is -3.10. The van der Waals surface area contributed by atoms with E-state index in [1.807, 2.05) is 0 Å². The first-order chi connectivity index (χ1) is 22.1. The molecule has 2 fully saturated rings. The van der Waals surface area contributed by atoms with Crippen molar-refractivity contribution in [1.82, 2.24) is 49.1 Å². The molecule has 2 saturated heterocycles. The molecule has 20 nitrogen and oxygen atoms in total. The fourth-order valence-corrected chi connectivity index (χ4v) is 5.44. The highest BCUT2D eigenvalue weighted by Crippen LogP contribution is 2.37. The number of hydrogen-bond donors (Lipinski definition) is 6. The molecule has 0 unspecified atom stereocenters. The number of hydrogen-bond acceptors (Lipinski definition) is 14. The van der Waals surface area contributed by atoms with Gasteiger partial charge in [0.2, 0.25) is 0 Å². The third-order valence-electron chi connectivity index (χ3n) is 7.87. The molecule has 4 aromatic heterocycles. The smallest absolute Gasteiger partial charge is 0.330 e. The van der Waals surface area contributed by atoms with Crippen LogP contribution in [0.2, 0.25) is 0 Å². The fraction of sp³-hybridized carbons (Fsp3) is 0.538. The van der Waals surface area contributed by atoms with Crippen molar-refractivity contribution in [3.05, 3.63) is 89.0 Å². The van der Waals surface area contributed by atoms with Gasteiger partial charge in [-0.3, -0.25) is 28.7 Å². The van der Waals surface area contributed by atoms with E-state index < -0.39 is 47.2 Å². The van der Waals surface area contributed by atoms with Crippen LogP contribution >= 0.6 is 0 Å². The second-order valence-electron chi connectivity index (χ2n) is 10.9. The molecule has 6 rings (SSSR count). The molecular weight excluding hydrogens is 612 g/mol. The SMILES string of the molecule is Cc1cn([C@H]2C[C@H](n3cc(CO)nn3)[C@@H](CO)O2)c(=O)[nH]c1=O.Cc1cn([C@H]2C[C@H](n3nncc3CO)[C@@H](CO)O2)c(=O)[nH]c1=O. The maximum atomic E-state index is 12.0. The highest BCUT2D eigenvalue weighted by molar-refractivity contribution is 5.04. The van der Waals surface area contributed by atoms with Crippen molar-refractivity contribution in [3.63, 3.8) is 0 Å². The van der Waals surface area contributed by atoms with Crippen LogP contribution in [0.1, 0.15) is 59.9 Å². The molecular formula is C26H34N10O10. The molecule has 248 valence electrons. The molecule has 0 spiro atoms. The summed E-state index contributed by atoms with van der Waals surface area (Å²) in [6.07, 6.45) is 4.09. The van der Waals surface area contributed by atoms with Crippen molar-refractivity contribution in [2.45, 2.75) is 76.7 Å². The number of aromatic amines is 2. The largest absolute Gasteiger partial charge is 0.394 e. The van der Waals surface area contributed by atoms with Crippen molar-refractivity contribution in [2.24, 2.45) is 0 Å². The molecule has 0 radical (unpaired) electrons. The topological polar surface area (TPSA) is 271 Å². The highest BCUT2D eigenvalue weighted by Gasteiger charge is 2.40. The Morgan fingerprint density at radius 2 is 1.33 bits per heavy atom. The molecule has 0 amide bonds. The summed E-state index contributed by atoms with van der Waals surface area (Å²) in [5, 5.41) is 52.8. The molecule has 0 saturated carbocycles. The summed E-state index contributed by atoms with van der Waals surface area (Å²) in [7, 11) is 0. The summed E-state index contributed by atoms with van der Waals surface area (Å²) in [5.41, 5.74) is -0.373. The number of nitrogens with zero attached hydrogens (tertiary/aromatic N) is 8. The first kappa shape index (κ1) is 32.8. The van der Waals surface area contributed by atoms with Crippen LogP contribution in [0.5, 0.6) is 0 Å². The molecule has 46 heavy (non-hydrogen) atoms. The zero-order valence-corrected chi connectivity index (χ0v) is 24.8. The van der Waals surface area contributed by atoms with Gasteiger partial charge in [0.05, 0.1) is 56.6 Å². The van der Waals surface area contributed by atoms with Crippen LogP contribution in [0.3, 0.4) is 0 Å². The Labute approximate surface area is 258 Å². The predicted molar refractivity (Wildman–Crippen MR) is 153 cm³/mol. The molecule has 0 bridgehead atoms. The third-order valence-corrected chi connectivity index (χ3v) is 7.87. The average molecular weight is 647 g/mol. The van der Waals surface area contributed by atoms with Gasteiger partial charge < -0.3 is 29.9 Å². The molecule has 2 aliphatic rings. The van der Waals surface area contributed by atoms with E-state index in [0.717, 1.165) is 0 Å². The van der Waals surface area contributed by atoms with Crippen LogP contribution in [0.25, 0.3) is 0 Å². The van der Waals surface area contributed by atoms with Crippen LogP contribution < -0.4 is 22.5 Å². The average Bonchev–Trinajstić information content (AvgIpc) is 3.85. The van der Waals surface area contributed by atoms with E-state index in [0.29, 0.717) is 35.4 Å². The minimum absolute atomic E-state index is 0.237. The van der Waals surface area contributed by atoms with Crippen LogP contribution in [-0.4, -0.2) is 94.9 Å². The maximum Gasteiger partial charge on any atom is 0.330 e. The van der Waals surface area contributed by atoms with E-state index in [1.54, 1.807) is 20.0 Å². The molecule has 6 N–H and O–H groups in total. The van der Waals surface area contributed by atoms with E-state index in [4.69, 9.17) is 14.6 Å². The second-order valence-corrected chi connectivity index (χ2v) is 10.9. The minimum Gasteiger partial charge on any atom is -0.394 e. The summed E-state index contributed by atoms with van der Waals surface area (Å²) >= 11 is 0.